The summed E-state index contributed by atoms with van der Waals surface area (Å²) < 4.78 is 6.05. The molecule has 0 N–H and O–H groups in total. The zero-order chi connectivity index (χ0) is 16.7. The third kappa shape index (κ3) is 2.07. The molecule has 0 spiro atoms. The second kappa shape index (κ2) is 5.34. The number of ether oxygens (including phenoxy) is 1. The molecule has 3 aromatic carbocycles. The molecule has 0 aromatic heterocycles. The SMILES string of the molecule is Cc1ccc(C2(c3cccc(C)c3)OC(=O)c3ccccc32)cc1. The van der Waals surface area contributed by atoms with E-state index >= 15 is 0 Å². The number of benzene rings is 3. The van der Waals surface area contributed by atoms with Gasteiger partial charge in [-0.05, 0) is 19.9 Å². The number of rotatable bonds is 2. The van der Waals surface area contributed by atoms with E-state index in [0.717, 1.165) is 22.3 Å². The van der Waals surface area contributed by atoms with E-state index in [4.69, 9.17) is 4.74 Å². The molecule has 2 nitrogen and oxygen atoms in total. The van der Waals surface area contributed by atoms with Crippen molar-refractivity contribution in [3.63, 3.8) is 0 Å². The molecular formula is C22H18O2. The molecular weight excluding hydrogens is 296 g/mol. The molecule has 0 fully saturated rings. The van der Waals surface area contributed by atoms with Gasteiger partial charge in [-0.15, -0.1) is 0 Å². The first-order valence-corrected chi connectivity index (χ1v) is 8.08. The van der Waals surface area contributed by atoms with Crippen LogP contribution in [-0.4, -0.2) is 5.97 Å². The van der Waals surface area contributed by atoms with E-state index in [1.807, 2.05) is 48.5 Å². The quantitative estimate of drug-likeness (QED) is 0.637. The summed E-state index contributed by atoms with van der Waals surface area (Å²) in [7, 11) is 0. The zero-order valence-corrected chi connectivity index (χ0v) is 13.7. The van der Waals surface area contributed by atoms with Crippen LogP contribution in [0.3, 0.4) is 0 Å². The molecule has 24 heavy (non-hydrogen) atoms. The third-order valence-corrected chi connectivity index (χ3v) is 4.65. The molecule has 0 radical (unpaired) electrons. The van der Waals surface area contributed by atoms with E-state index in [1.165, 1.54) is 5.56 Å². The second-order valence-electron chi connectivity index (χ2n) is 6.35. The summed E-state index contributed by atoms with van der Waals surface area (Å²) in [6.07, 6.45) is 0. The summed E-state index contributed by atoms with van der Waals surface area (Å²) in [6.45, 7) is 4.10. The topological polar surface area (TPSA) is 26.3 Å². The van der Waals surface area contributed by atoms with E-state index in [1.54, 1.807) is 0 Å². The van der Waals surface area contributed by atoms with Crippen LogP contribution >= 0.6 is 0 Å². The lowest BCUT2D eigenvalue weighted by Crippen LogP contribution is -2.29. The summed E-state index contributed by atoms with van der Waals surface area (Å²) in [5, 5.41) is 0. The van der Waals surface area contributed by atoms with Crippen molar-refractivity contribution in [2.75, 3.05) is 0 Å². The molecule has 1 aliphatic heterocycles. The molecule has 1 unspecified atom stereocenters. The minimum atomic E-state index is -0.882. The fraction of sp³-hybridized carbons (Fsp3) is 0.136. The predicted octanol–water partition coefficient (Wildman–Crippen LogP) is 4.77. The highest BCUT2D eigenvalue weighted by Crippen LogP contribution is 2.46. The lowest BCUT2D eigenvalue weighted by atomic mass is 9.79. The average molecular weight is 314 g/mol. The van der Waals surface area contributed by atoms with Gasteiger partial charge in [0.05, 0.1) is 5.56 Å². The van der Waals surface area contributed by atoms with Crippen LogP contribution in [0.1, 0.15) is 38.2 Å². The van der Waals surface area contributed by atoms with Gasteiger partial charge in [0.1, 0.15) is 0 Å². The van der Waals surface area contributed by atoms with Crippen LogP contribution in [0.25, 0.3) is 0 Å². The van der Waals surface area contributed by atoms with E-state index in [2.05, 4.69) is 38.1 Å². The van der Waals surface area contributed by atoms with Gasteiger partial charge in [0.2, 0.25) is 0 Å². The molecule has 1 aliphatic rings. The number of carbonyl (C=O) groups is 1. The van der Waals surface area contributed by atoms with Crippen molar-refractivity contribution < 1.29 is 9.53 Å². The van der Waals surface area contributed by atoms with E-state index < -0.39 is 5.60 Å². The first kappa shape index (κ1) is 14.7. The first-order chi connectivity index (χ1) is 11.6. The highest BCUT2D eigenvalue weighted by Gasteiger charge is 2.48. The summed E-state index contributed by atoms with van der Waals surface area (Å²) in [4.78, 5) is 12.6. The standard InChI is InChI=1S/C22H18O2/c1-15-10-12-17(13-11-15)22(18-7-5-6-16(2)14-18)20-9-4-3-8-19(20)21(23)24-22/h3-14H,1-2H3. The maximum Gasteiger partial charge on any atom is 0.340 e. The van der Waals surface area contributed by atoms with Crippen LogP contribution in [0, 0.1) is 13.8 Å². The van der Waals surface area contributed by atoms with Crippen molar-refractivity contribution in [2.24, 2.45) is 0 Å². The molecule has 2 heteroatoms. The van der Waals surface area contributed by atoms with Crippen LogP contribution in [0.5, 0.6) is 0 Å². The van der Waals surface area contributed by atoms with Gasteiger partial charge in [0.15, 0.2) is 5.60 Å². The molecule has 1 heterocycles. The highest BCUT2D eigenvalue weighted by molar-refractivity contribution is 5.96. The van der Waals surface area contributed by atoms with Crippen molar-refractivity contribution in [3.8, 4) is 0 Å². The molecule has 1 atom stereocenters. The average Bonchev–Trinajstić information content (AvgIpc) is 2.90. The molecule has 0 amide bonds. The molecule has 0 saturated carbocycles. The minimum absolute atomic E-state index is 0.271. The molecule has 0 bridgehead atoms. The Bertz CT molecular complexity index is 925. The number of hydrogen-bond donors (Lipinski definition) is 0. The van der Waals surface area contributed by atoms with Gasteiger partial charge in [-0.3, -0.25) is 0 Å². The third-order valence-electron chi connectivity index (χ3n) is 4.65. The van der Waals surface area contributed by atoms with Crippen LogP contribution in [0.15, 0.2) is 72.8 Å². The Morgan fingerprint density at radius 2 is 1.50 bits per heavy atom. The summed E-state index contributed by atoms with van der Waals surface area (Å²) in [5.41, 5.74) is 4.92. The maximum absolute atomic E-state index is 12.6. The Kier molecular flexibility index (Phi) is 3.27. The molecule has 118 valence electrons. The summed E-state index contributed by atoms with van der Waals surface area (Å²) in [5.74, 6) is -0.271. The molecule has 3 aromatic rings. The Hall–Kier alpha value is -2.87. The van der Waals surface area contributed by atoms with Crippen LogP contribution in [0.4, 0.5) is 0 Å². The van der Waals surface area contributed by atoms with Gasteiger partial charge in [-0.1, -0.05) is 77.9 Å². The van der Waals surface area contributed by atoms with Gasteiger partial charge < -0.3 is 4.74 Å². The number of cyclic esters (lactones) is 1. The van der Waals surface area contributed by atoms with Crippen molar-refractivity contribution in [1.82, 2.24) is 0 Å². The highest BCUT2D eigenvalue weighted by atomic mass is 16.6. The monoisotopic (exact) mass is 314 g/mol. The Labute approximate surface area is 141 Å². The van der Waals surface area contributed by atoms with Crippen molar-refractivity contribution >= 4 is 5.97 Å². The van der Waals surface area contributed by atoms with Gasteiger partial charge >= 0.3 is 5.97 Å². The Morgan fingerprint density at radius 3 is 2.25 bits per heavy atom. The van der Waals surface area contributed by atoms with Crippen LogP contribution in [-0.2, 0) is 10.3 Å². The number of fused-ring (bicyclic) bond motifs is 1. The van der Waals surface area contributed by atoms with Crippen molar-refractivity contribution in [1.29, 1.82) is 0 Å². The van der Waals surface area contributed by atoms with E-state index in [0.29, 0.717) is 5.56 Å². The van der Waals surface area contributed by atoms with Gasteiger partial charge in [-0.25, -0.2) is 4.79 Å². The normalized spacial score (nSPS) is 19.0. The Morgan fingerprint density at radius 1 is 0.750 bits per heavy atom. The van der Waals surface area contributed by atoms with Crippen molar-refractivity contribution in [3.05, 3.63) is 106 Å². The van der Waals surface area contributed by atoms with Crippen LogP contribution in [0.2, 0.25) is 0 Å². The maximum atomic E-state index is 12.6. The molecule has 4 rings (SSSR count). The molecule has 0 saturated heterocycles. The fourth-order valence-corrected chi connectivity index (χ4v) is 3.46. The second-order valence-corrected chi connectivity index (χ2v) is 6.35. The van der Waals surface area contributed by atoms with Crippen molar-refractivity contribution in [2.45, 2.75) is 19.4 Å². The largest absolute Gasteiger partial charge is 0.441 e. The number of aryl methyl sites for hydroxylation is 2. The Balaban J connectivity index is 2.05. The smallest absolute Gasteiger partial charge is 0.340 e. The molecule has 0 aliphatic carbocycles. The number of hydrogen-bond acceptors (Lipinski definition) is 2. The van der Waals surface area contributed by atoms with E-state index in [9.17, 15) is 4.79 Å². The van der Waals surface area contributed by atoms with Gasteiger partial charge in [0, 0.05) is 16.7 Å². The summed E-state index contributed by atoms with van der Waals surface area (Å²) >= 11 is 0. The predicted molar refractivity (Wildman–Crippen MR) is 94.1 cm³/mol. The van der Waals surface area contributed by atoms with Gasteiger partial charge in [0.25, 0.3) is 0 Å². The summed E-state index contributed by atoms with van der Waals surface area (Å²) in [6, 6.07) is 24.1. The fourth-order valence-electron chi connectivity index (χ4n) is 3.46. The lowest BCUT2D eigenvalue weighted by Gasteiger charge is -2.30. The van der Waals surface area contributed by atoms with Gasteiger partial charge in [-0.2, -0.15) is 0 Å². The first-order valence-electron chi connectivity index (χ1n) is 8.08. The van der Waals surface area contributed by atoms with Crippen LogP contribution < -0.4 is 0 Å². The zero-order valence-electron chi connectivity index (χ0n) is 13.7. The van der Waals surface area contributed by atoms with E-state index in [-0.39, 0.29) is 5.97 Å². The lowest BCUT2D eigenvalue weighted by molar-refractivity contribution is 0.0251. The minimum Gasteiger partial charge on any atom is -0.441 e. The number of carbonyl (C=O) groups excluding carboxylic acids is 1. The number of esters is 1.